The summed E-state index contributed by atoms with van der Waals surface area (Å²) in [5, 5.41) is 10.4. The Bertz CT molecular complexity index is 430. The molecule has 2 rings (SSSR count). The smallest absolute Gasteiger partial charge is 0.188 e. The molecule has 0 saturated carbocycles. The van der Waals surface area contributed by atoms with E-state index < -0.39 is 0 Å². The summed E-state index contributed by atoms with van der Waals surface area (Å²) >= 11 is 1.58. The Labute approximate surface area is 93.0 Å². The molecule has 0 aromatic carbocycles. The molecule has 1 N–H and O–H groups in total. The van der Waals surface area contributed by atoms with Crippen molar-refractivity contribution in [3.63, 3.8) is 0 Å². The van der Waals surface area contributed by atoms with Gasteiger partial charge in [-0.25, -0.2) is 4.98 Å². The van der Waals surface area contributed by atoms with Gasteiger partial charge in [0.05, 0.1) is 0 Å². The Morgan fingerprint density at radius 1 is 1.47 bits per heavy atom. The van der Waals surface area contributed by atoms with Crippen molar-refractivity contribution in [1.29, 1.82) is 0 Å². The second kappa shape index (κ2) is 4.02. The van der Waals surface area contributed by atoms with Crippen molar-refractivity contribution >= 4 is 22.3 Å². The Hall–Kier alpha value is -1.36. The molecule has 2 aromatic rings. The van der Waals surface area contributed by atoms with Crippen molar-refractivity contribution in [3.8, 4) is 0 Å². The van der Waals surface area contributed by atoms with Crippen LogP contribution in [-0.4, -0.2) is 14.8 Å². The number of aryl methyl sites for hydroxylation is 1. The summed E-state index contributed by atoms with van der Waals surface area (Å²) in [6.07, 6.45) is 3.82. The quantitative estimate of drug-likeness (QED) is 0.868. The van der Waals surface area contributed by atoms with Crippen LogP contribution in [0.1, 0.15) is 25.3 Å². The molecular weight excluding hydrogens is 208 g/mol. The van der Waals surface area contributed by atoms with Crippen molar-refractivity contribution in [3.05, 3.63) is 23.3 Å². The minimum Gasteiger partial charge on any atom is -0.314 e. The van der Waals surface area contributed by atoms with Gasteiger partial charge < -0.3 is 5.32 Å². The molecule has 4 nitrogen and oxygen atoms in total. The maximum absolute atomic E-state index is 4.38. The highest BCUT2D eigenvalue weighted by Gasteiger charge is 2.11. The van der Waals surface area contributed by atoms with E-state index in [1.54, 1.807) is 17.5 Å². The third kappa shape index (κ3) is 2.18. The van der Waals surface area contributed by atoms with Gasteiger partial charge >= 0.3 is 0 Å². The molecule has 0 aliphatic heterocycles. The molecule has 0 unspecified atom stereocenters. The zero-order valence-electron chi connectivity index (χ0n) is 9.06. The SMILES string of the molecule is CC(C)c1cn(C)nc1Nc1nccs1. The molecule has 80 valence electrons. The fourth-order valence-electron chi connectivity index (χ4n) is 1.41. The maximum Gasteiger partial charge on any atom is 0.188 e. The molecule has 0 saturated heterocycles. The van der Waals surface area contributed by atoms with Gasteiger partial charge in [-0.2, -0.15) is 5.10 Å². The molecule has 0 aliphatic rings. The third-order valence-corrected chi connectivity index (χ3v) is 2.83. The summed E-state index contributed by atoms with van der Waals surface area (Å²) in [7, 11) is 1.93. The molecular formula is C10H14N4S. The zero-order valence-corrected chi connectivity index (χ0v) is 9.88. The second-order valence-electron chi connectivity index (χ2n) is 3.72. The standard InChI is InChI=1S/C10H14N4S/c1-7(2)8-6-14(3)13-9(8)12-10-11-4-5-15-10/h4-7H,1-3H3,(H,11,12,13). The van der Waals surface area contributed by atoms with Crippen LogP contribution < -0.4 is 5.32 Å². The van der Waals surface area contributed by atoms with Crippen LogP contribution in [0.4, 0.5) is 10.9 Å². The van der Waals surface area contributed by atoms with Crippen LogP contribution in [0.5, 0.6) is 0 Å². The van der Waals surface area contributed by atoms with E-state index in [4.69, 9.17) is 0 Å². The Kier molecular flexibility index (Phi) is 2.73. The van der Waals surface area contributed by atoms with Crippen LogP contribution >= 0.6 is 11.3 Å². The first-order valence-corrected chi connectivity index (χ1v) is 5.75. The fourth-order valence-corrected chi connectivity index (χ4v) is 1.94. The molecule has 15 heavy (non-hydrogen) atoms. The molecule has 0 atom stereocenters. The maximum atomic E-state index is 4.38. The lowest BCUT2D eigenvalue weighted by Crippen LogP contribution is -1.96. The van der Waals surface area contributed by atoms with Crippen LogP contribution in [0.3, 0.4) is 0 Å². The lowest BCUT2D eigenvalue weighted by atomic mass is 10.1. The van der Waals surface area contributed by atoms with E-state index in [1.807, 2.05) is 23.3 Å². The average molecular weight is 222 g/mol. The van der Waals surface area contributed by atoms with Crippen LogP contribution in [-0.2, 0) is 7.05 Å². The van der Waals surface area contributed by atoms with E-state index in [9.17, 15) is 0 Å². The summed E-state index contributed by atoms with van der Waals surface area (Å²) in [5.41, 5.74) is 1.22. The first-order chi connectivity index (χ1) is 7.16. The Morgan fingerprint density at radius 3 is 2.87 bits per heavy atom. The van der Waals surface area contributed by atoms with E-state index in [0.29, 0.717) is 5.92 Å². The zero-order chi connectivity index (χ0) is 10.8. The molecule has 2 aromatic heterocycles. The van der Waals surface area contributed by atoms with E-state index >= 15 is 0 Å². The van der Waals surface area contributed by atoms with Gasteiger partial charge in [-0.15, -0.1) is 11.3 Å². The van der Waals surface area contributed by atoms with Crippen molar-refractivity contribution in [1.82, 2.24) is 14.8 Å². The molecule has 0 radical (unpaired) electrons. The van der Waals surface area contributed by atoms with Crippen LogP contribution in [0.25, 0.3) is 0 Å². The van der Waals surface area contributed by atoms with Gasteiger partial charge in [0.25, 0.3) is 0 Å². The number of thiazole rings is 1. The molecule has 2 heterocycles. The number of hydrogen-bond donors (Lipinski definition) is 1. The largest absolute Gasteiger partial charge is 0.314 e. The lowest BCUT2D eigenvalue weighted by molar-refractivity contribution is 0.767. The van der Waals surface area contributed by atoms with Crippen LogP contribution in [0.15, 0.2) is 17.8 Å². The summed E-state index contributed by atoms with van der Waals surface area (Å²) in [5.74, 6) is 1.36. The molecule has 5 heteroatoms. The number of anilines is 2. The summed E-state index contributed by atoms with van der Waals surface area (Å²) in [6.45, 7) is 4.31. The number of nitrogens with one attached hydrogen (secondary N) is 1. The van der Waals surface area contributed by atoms with Crippen molar-refractivity contribution in [2.75, 3.05) is 5.32 Å². The second-order valence-corrected chi connectivity index (χ2v) is 4.62. The Balaban J connectivity index is 2.27. The van der Waals surface area contributed by atoms with E-state index in [0.717, 1.165) is 10.9 Å². The predicted molar refractivity (Wildman–Crippen MR) is 62.7 cm³/mol. The average Bonchev–Trinajstić information content (AvgIpc) is 2.75. The topological polar surface area (TPSA) is 42.7 Å². The summed E-state index contributed by atoms with van der Waals surface area (Å²) in [6, 6.07) is 0. The number of rotatable bonds is 3. The molecule has 0 amide bonds. The van der Waals surface area contributed by atoms with Gasteiger partial charge in [0.2, 0.25) is 0 Å². The van der Waals surface area contributed by atoms with Crippen LogP contribution in [0, 0.1) is 0 Å². The van der Waals surface area contributed by atoms with Crippen molar-refractivity contribution in [2.24, 2.45) is 7.05 Å². The first kappa shape index (κ1) is 10.2. The Morgan fingerprint density at radius 2 is 2.27 bits per heavy atom. The molecule has 0 spiro atoms. The van der Waals surface area contributed by atoms with Gasteiger partial charge in [0.15, 0.2) is 10.9 Å². The highest BCUT2D eigenvalue weighted by molar-refractivity contribution is 7.13. The van der Waals surface area contributed by atoms with Crippen LogP contribution in [0.2, 0.25) is 0 Å². The van der Waals surface area contributed by atoms with E-state index in [-0.39, 0.29) is 0 Å². The highest BCUT2D eigenvalue weighted by atomic mass is 32.1. The predicted octanol–water partition coefficient (Wildman–Crippen LogP) is 2.74. The number of aromatic nitrogens is 3. The normalized spacial score (nSPS) is 10.9. The molecule has 0 bridgehead atoms. The minimum absolute atomic E-state index is 0.459. The fraction of sp³-hybridized carbons (Fsp3) is 0.400. The third-order valence-electron chi connectivity index (χ3n) is 2.14. The highest BCUT2D eigenvalue weighted by Crippen LogP contribution is 2.26. The van der Waals surface area contributed by atoms with Gasteiger partial charge in [0, 0.05) is 30.4 Å². The minimum atomic E-state index is 0.459. The van der Waals surface area contributed by atoms with Crippen molar-refractivity contribution < 1.29 is 0 Å². The number of nitrogens with zero attached hydrogens (tertiary/aromatic N) is 3. The number of hydrogen-bond acceptors (Lipinski definition) is 4. The van der Waals surface area contributed by atoms with Crippen molar-refractivity contribution in [2.45, 2.75) is 19.8 Å². The van der Waals surface area contributed by atoms with Gasteiger partial charge in [-0.05, 0) is 5.92 Å². The first-order valence-electron chi connectivity index (χ1n) is 4.87. The lowest BCUT2D eigenvalue weighted by Gasteiger charge is -2.04. The van der Waals surface area contributed by atoms with Gasteiger partial charge in [-0.1, -0.05) is 13.8 Å². The van der Waals surface area contributed by atoms with Gasteiger partial charge in [-0.3, -0.25) is 4.68 Å². The monoisotopic (exact) mass is 222 g/mol. The summed E-state index contributed by atoms with van der Waals surface area (Å²) < 4.78 is 1.82. The summed E-state index contributed by atoms with van der Waals surface area (Å²) in [4.78, 5) is 4.18. The van der Waals surface area contributed by atoms with E-state index in [2.05, 4.69) is 29.2 Å². The molecule has 0 aliphatic carbocycles. The van der Waals surface area contributed by atoms with Gasteiger partial charge in [0.1, 0.15) is 0 Å². The van der Waals surface area contributed by atoms with E-state index in [1.165, 1.54) is 5.56 Å². The molecule has 0 fully saturated rings.